The number of sulfonamides is 1. The van der Waals surface area contributed by atoms with Crippen molar-refractivity contribution in [2.75, 3.05) is 17.0 Å². The van der Waals surface area contributed by atoms with Gasteiger partial charge in [0.1, 0.15) is 5.82 Å². The molecule has 1 aromatic rings. The van der Waals surface area contributed by atoms with Gasteiger partial charge in [-0.05, 0) is 51.3 Å². The third kappa shape index (κ3) is 5.57. The van der Waals surface area contributed by atoms with E-state index in [1.54, 1.807) is 12.1 Å². The van der Waals surface area contributed by atoms with Crippen LogP contribution >= 0.6 is 0 Å². The van der Waals surface area contributed by atoms with E-state index in [-0.39, 0.29) is 5.75 Å². The van der Waals surface area contributed by atoms with Crippen LogP contribution in [0.5, 0.6) is 0 Å². The summed E-state index contributed by atoms with van der Waals surface area (Å²) < 4.78 is 26.2. The van der Waals surface area contributed by atoms with Gasteiger partial charge in [-0.25, -0.2) is 13.4 Å². The van der Waals surface area contributed by atoms with Crippen LogP contribution in [0.25, 0.3) is 0 Å². The number of hydrogen-bond acceptors (Lipinski definition) is 4. The first-order valence-electron chi connectivity index (χ1n) is 6.73. The third-order valence-electron chi connectivity index (χ3n) is 3.00. The maximum Gasteiger partial charge on any atom is 0.233 e. The monoisotopic (exact) mass is 283 g/mol. The first-order chi connectivity index (χ1) is 9.05. The highest BCUT2D eigenvalue weighted by Crippen LogP contribution is 2.18. The van der Waals surface area contributed by atoms with Gasteiger partial charge in [-0.3, -0.25) is 4.72 Å². The van der Waals surface area contributed by atoms with Crippen molar-refractivity contribution in [1.29, 1.82) is 0 Å². The minimum atomic E-state index is -3.28. The summed E-state index contributed by atoms with van der Waals surface area (Å²) in [4.78, 5) is 4.13. The summed E-state index contributed by atoms with van der Waals surface area (Å²) in [6, 6.07) is 5.98. The summed E-state index contributed by atoms with van der Waals surface area (Å²) >= 11 is 0. The fourth-order valence-electron chi connectivity index (χ4n) is 1.82. The van der Waals surface area contributed by atoms with E-state index in [9.17, 15) is 8.42 Å². The van der Waals surface area contributed by atoms with Crippen LogP contribution < -0.4 is 10.0 Å². The second-order valence-electron chi connectivity index (χ2n) is 5.02. The van der Waals surface area contributed by atoms with E-state index in [1.807, 2.05) is 13.0 Å². The number of nitrogens with zero attached hydrogens (tertiary/aromatic N) is 1. The molecule has 6 heteroatoms. The Bertz CT molecular complexity index is 512. The molecule has 1 aromatic heterocycles. The van der Waals surface area contributed by atoms with Gasteiger partial charge in [0.25, 0.3) is 0 Å². The Morgan fingerprint density at radius 3 is 2.79 bits per heavy atom. The first kappa shape index (κ1) is 14.3. The lowest BCUT2D eigenvalue weighted by atomic mass is 10.3. The molecule has 1 aliphatic rings. The zero-order valence-corrected chi connectivity index (χ0v) is 12.0. The predicted molar refractivity (Wildman–Crippen MR) is 76.6 cm³/mol. The highest BCUT2D eigenvalue weighted by atomic mass is 32.2. The largest absolute Gasteiger partial charge is 0.314 e. The Hall–Kier alpha value is -1.14. The van der Waals surface area contributed by atoms with Crippen LogP contribution in [0.2, 0.25) is 0 Å². The summed E-state index contributed by atoms with van der Waals surface area (Å²) in [7, 11) is -3.28. The number of unbranched alkanes of at least 4 members (excludes halogenated alkanes) is 1. The zero-order valence-electron chi connectivity index (χ0n) is 11.2. The molecule has 0 aliphatic heterocycles. The Labute approximate surface area is 114 Å². The fourth-order valence-corrected chi connectivity index (χ4v) is 2.94. The Morgan fingerprint density at radius 1 is 1.32 bits per heavy atom. The van der Waals surface area contributed by atoms with E-state index in [1.165, 1.54) is 12.8 Å². The molecule has 0 saturated heterocycles. The van der Waals surface area contributed by atoms with Crippen molar-refractivity contribution in [2.45, 2.75) is 38.6 Å². The molecule has 0 bridgehead atoms. The standard InChI is InChI=1S/C13H21N3O2S/c1-11-5-4-6-13(15-11)16-19(17,18)10-3-2-9-14-12-7-8-12/h4-6,12,14H,2-3,7-10H2,1H3,(H,15,16). The van der Waals surface area contributed by atoms with Gasteiger partial charge in [-0.2, -0.15) is 0 Å². The number of anilines is 1. The molecule has 1 heterocycles. The van der Waals surface area contributed by atoms with Crippen LogP contribution in [0.3, 0.4) is 0 Å². The van der Waals surface area contributed by atoms with Gasteiger partial charge < -0.3 is 5.32 Å². The number of aryl methyl sites for hydroxylation is 1. The van der Waals surface area contributed by atoms with E-state index in [0.717, 1.165) is 18.7 Å². The molecule has 0 spiro atoms. The molecule has 0 unspecified atom stereocenters. The van der Waals surface area contributed by atoms with Gasteiger partial charge in [-0.15, -0.1) is 0 Å². The first-order valence-corrected chi connectivity index (χ1v) is 8.38. The van der Waals surface area contributed by atoms with Crippen LogP contribution in [0.4, 0.5) is 5.82 Å². The topological polar surface area (TPSA) is 71.1 Å². The second-order valence-corrected chi connectivity index (χ2v) is 6.86. The number of hydrogen-bond donors (Lipinski definition) is 2. The summed E-state index contributed by atoms with van der Waals surface area (Å²) in [6.07, 6.45) is 4.08. The average molecular weight is 283 g/mol. The maximum absolute atomic E-state index is 11.8. The number of rotatable bonds is 8. The van der Waals surface area contributed by atoms with Crippen molar-refractivity contribution in [2.24, 2.45) is 0 Å². The van der Waals surface area contributed by atoms with Crippen LogP contribution in [0.15, 0.2) is 18.2 Å². The van der Waals surface area contributed by atoms with Crippen LogP contribution in [-0.2, 0) is 10.0 Å². The highest BCUT2D eigenvalue weighted by Gasteiger charge is 2.19. The molecule has 2 rings (SSSR count). The van der Waals surface area contributed by atoms with Crippen LogP contribution in [0.1, 0.15) is 31.4 Å². The summed E-state index contributed by atoms with van der Waals surface area (Å²) in [5, 5.41) is 3.37. The Balaban J connectivity index is 1.71. The molecule has 0 aromatic carbocycles. The lowest BCUT2D eigenvalue weighted by molar-refractivity contribution is 0.590. The Kier molecular flexibility index (Phi) is 4.76. The summed E-state index contributed by atoms with van der Waals surface area (Å²) in [5.41, 5.74) is 0.800. The van der Waals surface area contributed by atoms with Crippen molar-refractivity contribution in [3.05, 3.63) is 23.9 Å². The molecule has 1 saturated carbocycles. The Morgan fingerprint density at radius 2 is 2.11 bits per heavy atom. The lowest BCUT2D eigenvalue weighted by Crippen LogP contribution is -2.21. The van der Waals surface area contributed by atoms with E-state index >= 15 is 0 Å². The molecule has 2 N–H and O–H groups in total. The molecule has 0 atom stereocenters. The van der Waals surface area contributed by atoms with Gasteiger partial charge >= 0.3 is 0 Å². The molecular formula is C13H21N3O2S. The SMILES string of the molecule is Cc1cccc(NS(=O)(=O)CCCCNC2CC2)n1. The van der Waals surface area contributed by atoms with Gasteiger partial charge in [0.15, 0.2) is 0 Å². The van der Waals surface area contributed by atoms with E-state index < -0.39 is 10.0 Å². The molecular weight excluding hydrogens is 262 g/mol. The normalized spacial score (nSPS) is 15.4. The molecule has 0 amide bonds. The molecule has 19 heavy (non-hydrogen) atoms. The maximum atomic E-state index is 11.8. The van der Waals surface area contributed by atoms with Gasteiger partial charge in [0.2, 0.25) is 10.0 Å². The quantitative estimate of drug-likeness (QED) is 0.712. The second kappa shape index (κ2) is 6.34. The van der Waals surface area contributed by atoms with Gasteiger partial charge in [0, 0.05) is 11.7 Å². The number of pyridine rings is 1. The van der Waals surface area contributed by atoms with E-state index in [0.29, 0.717) is 18.3 Å². The third-order valence-corrected chi connectivity index (χ3v) is 4.34. The van der Waals surface area contributed by atoms with Gasteiger partial charge in [-0.1, -0.05) is 6.07 Å². The highest BCUT2D eigenvalue weighted by molar-refractivity contribution is 7.92. The van der Waals surface area contributed by atoms with Crippen molar-refractivity contribution >= 4 is 15.8 Å². The molecule has 1 fully saturated rings. The predicted octanol–water partition coefficient (Wildman–Crippen LogP) is 1.66. The minimum absolute atomic E-state index is 0.148. The van der Waals surface area contributed by atoms with Crippen LogP contribution in [-0.4, -0.2) is 31.7 Å². The lowest BCUT2D eigenvalue weighted by Gasteiger charge is -2.08. The average Bonchev–Trinajstić information content (AvgIpc) is 3.11. The number of nitrogens with one attached hydrogen (secondary N) is 2. The number of aromatic nitrogens is 1. The smallest absolute Gasteiger partial charge is 0.233 e. The van der Waals surface area contributed by atoms with Crippen molar-refractivity contribution in [3.8, 4) is 0 Å². The van der Waals surface area contributed by atoms with Crippen molar-refractivity contribution < 1.29 is 8.42 Å². The van der Waals surface area contributed by atoms with E-state index in [2.05, 4.69) is 15.0 Å². The molecule has 106 valence electrons. The molecule has 5 nitrogen and oxygen atoms in total. The summed E-state index contributed by atoms with van der Waals surface area (Å²) in [6.45, 7) is 2.74. The van der Waals surface area contributed by atoms with Crippen molar-refractivity contribution in [1.82, 2.24) is 10.3 Å². The van der Waals surface area contributed by atoms with Gasteiger partial charge in [0.05, 0.1) is 5.75 Å². The van der Waals surface area contributed by atoms with E-state index in [4.69, 9.17) is 0 Å². The summed E-state index contributed by atoms with van der Waals surface area (Å²) in [5.74, 6) is 0.547. The molecule has 1 aliphatic carbocycles. The van der Waals surface area contributed by atoms with Crippen LogP contribution in [0, 0.1) is 6.92 Å². The minimum Gasteiger partial charge on any atom is -0.314 e. The van der Waals surface area contributed by atoms with Crippen molar-refractivity contribution in [3.63, 3.8) is 0 Å². The fraction of sp³-hybridized carbons (Fsp3) is 0.615. The molecule has 0 radical (unpaired) electrons. The zero-order chi connectivity index (χ0) is 13.7.